The molecule has 1 aromatic carbocycles. The van der Waals surface area contributed by atoms with Crippen LogP contribution in [0.1, 0.15) is 0 Å². The van der Waals surface area contributed by atoms with Crippen LogP contribution < -0.4 is 5.73 Å². The van der Waals surface area contributed by atoms with Crippen molar-refractivity contribution in [2.45, 2.75) is 0 Å². The van der Waals surface area contributed by atoms with Gasteiger partial charge >= 0.3 is 0 Å². The molecule has 0 spiro atoms. The summed E-state index contributed by atoms with van der Waals surface area (Å²) in [5.74, 6) is 0. The van der Waals surface area contributed by atoms with E-state index in [1.165, 1.54) is 11.3 Å². The van der Waals surface area contributed by atoms with Crippen molar-refractivity contribution in [3.8, 4) is 0 Å². The van der Waals surface area contributed by atoms with E-state index < -0.39 is 0 Å². The van der Waals surface area contributed by atoms with E-state index in [0.29, 0.717) is 5.13 Å². The van der Waals surface area contributed by atoms with Gasteiger partial charge in [0.05, 0.1) is 22.1 Å². The van der Waals surface area contributed by atoms with Gasteiger partial charge in [-0.15, -0.1) is 0 Å². The van der Waals surface area contributed by atoms with E-state index in [0.717, 1.165) is 25.7 Å². The summed E-state index contributed by atoms with van der Waals surface area (Å²) in [6.45, 7) is 0. The number of anilines is 1. The second kappa shape index (κ2) is 2.93. The third-order valence-corrected chi connectivity index (χ3v) is 3.82. The number of nitrogens with two attached hydrogens (primary N) is 1. The summed E-state index contributed by atoms with van der Waals surface area (Å²) in [6.07, 6.45) is 1.80. The van der Waals surface area contributed by atoms with Crippen LogP contribution in [0.3, 0.4) is 0 Å². The summed E-state index contributed by atoms with van der Waals surface area (Å²) >= 11 is 4.98. The number of nitrogens with zero attached hydrogens (tertiary/aromatic N) is 3. The van der Waals surface area contributed by atoms with Crippen LogP contribution in [0, 0.1) is 0 Å². The number of halogens is 1. The number of aryl methyl sites for hydroxylation is 1. The van der Waals surface area contributed by atoms with Crippen molar-refractivity contribution in [2.75, 3.05) is 5.73 Å². The highest BCUT2D eigenvalue weighted by Crippen LogP contribution is 2.34. The topological polar surface area (TPSA) is 56.7 Å². The van der Waals surface area contributed by atoms with Gasteiger partial charge in [-0.3, -0.25) is 0 Å². The minimum Gasteiger partial charge on any atom is -0.375 e. The molecule has 2 aromatic heterocycles. The average molecular weight is 283 g/mol. The predicted octanol–water partition coefficient (Wildman–Crippen LogP) is 2.53. The number of fused-ring (bicyclic) bond motifs is 3. The van der Waals surface area contributed by atoms with Gasteiger partial charge in [0.1, 0.15) is 5.52 Å². The quantitative estimate of drug-likeness (QED) is 0.689. The summed E-state index contributed by atoms with van der Waals surface area (Å²) in [5, 5.41) is 0.589. The van der Waals surface area contributed by atoms with E-state index in [4.69, 9.17) is 5.73 Å². The number of hydrogen-bond acceptors (Lipinski definition) is 4. The molecule has 0 aliphatic rings. The molecule has 2 heterocycles. The molecule has 0 saturated heterocycles. The Labute approximate surface area is 97.9 Å². The standard InChI is InChI=1S/C9H7BrN4S/c1-14-3-12-6-4(10)2-5-8(7(6)14)15-9(11)13-5/h2-3H,1H3,(H2,11,13). The first kappa shape index (κ1) is 9.11. The Morgan fingerprint density at radius 2 is 2.33 bits per heavy atom. The minimum atomic E-state index is 0.589. The Balaban J connectivity index is 2.66. The number of thiazole rings is 1. The molecule has 0 atom stereocenters. The van der Waals surface area contributed by atoms with Crippen LogP contribution in [0.2, 0.25) is 0 Å². The maximum Gasteiger partial charge on any atom is 0.181 e. The number of nitrogen functional groups attached to an aromatic ring is 1. The molecule has 0 unspecified atom stereocenters. The zero-order chi connectivity index (χ0) is 10.6. The van der Waals surface area contributed by atoms with Crippen LogP contribution in [-0.4, -0.2) is 14.5 Å². The molecule has 0 radical (unpaired) electrons. The van der Waals surface area contributed by atoms with Gasteiger partial charge < -0.3 is 10.3 Å². The van der Waals surface area contributed by atoms with Crippen LogP contribution >= 0.6 is 27.3 Å². The van der Waals surface area contributed by atoms with Crippen molar-refractivity contribution in [1.82, 2.24) is 14.5 Å². The van der Waals surface area contributed by atoms with Crippen LogP contribution in [0.5, 0.6) is 0 Å². The fourth-order valence-corrected chi connectivity index (χ4v) is 3.08. The molecule has 0 aliphatic carbocycles. The molecule has 3 rings (SSSR count). The Hall–Kier alpha value is -1.14. The number of benzene rings is 1. The molecule has 4 nitrogen and oxygen atoms in total. The first-order valence-electron chi connectivity index (χ1n) is 4.32. The van der Waals surface area contributed by atoms with Crippen molar-refractivity contribution < 1.29 is 0 Å². The largest absolute Gasteiger partial charge is 0.375 e. The van der Waals surface area contributed by atoms with Gasteiger partial charge in [0.25, 0.3) is 0 Å². The van der Waals surface area contributed by atoms with Crippen molar-refractivity contribution in [3.63, 3.8) is 0 Å². The number of rotatable bonds is 0. The van der Waals surface area contributed by atoms with E-state index in [-0.39, 0.29) is 0 Å². The summed E-state index contributed by atoms with van der Waals surface area (Å²) in [7, 11) is 1.97. The predicted molar refractivity (Wildman–Crippen MR) is 66.0 cm³/mol. The van der Waals surface area contributed by atoms with Gasteiger partial charge in [-0.2, -0.15) is 0 Å². The lowest BCUT2D eigenvalue weighted by Gasteiger charge is -1.97. The van der Waals surface area contributed by atoms with Gasteiger partial charge in [-0.25, -0.2) is 9.97 Å². The Morgan fingerprint density at radius 3 is 3.13 bits per heavy atom. The summed E-state index contributed by atoms with van der Waals surface area (Å²) in [5.41, 5.74) is 8.66. The lowest BCUT2D eigenvalue weighted by Crippen LogP contribution is -1.84. The van der Waals surface area contributed by atoms with E-state index in [1.807, 2.05) is 17.7 Å². The van der Waals surface area contributed by atoms with Crippen LogP contribution in [0.15, 0.2) is 16.9 Å². The monoisotopic (exact) mass is 282 g/mol. The third kappa shape index (κ3) is 1.18. The van der Waals surface area contributed by atoms with Crippen LogP contribution in [0.25, 0.3) is 21.3 Å². The molecule has 0 aliphatic heterocycles. The zero-order valence-electron chi connectivity index (χ0n) is 7.86. The first-order chi connectivity index (χ1) is 7.16. The lowest BCUT2D eigenvalue weighted by molar-refractivity contribution is 0.951. The summed E-state index contributed by atoms with van der Waals surface area (Å²) in [4.78, 5) is 8.60. The molecule has 15 heavy (non-hydrogen) atoms. The SMILES string of the molecule is Cn1cnc2c(Br)cc3nc(N)sc3c21. The van der Waals surface area contributed by atoms with Crippen LogP contribution in [0.4, 0.5) is 5.13 Å². The number of imidazole rings is 1. The summed E-state index contributed by atoms with van der Waals surface area (Å²) in [6, 6.07) is 1.96. The second-order valence-corrected chi connectivity index (χ2v) is 5.20. The zero-order valence-corrected chi connectivity index (χ0v) is 10.3. The number of hydrogen-bond donors (Lipinski definition) is 1. The van der Waals surface area contributed by atoms with Crippen molar-refractivity contribution in [1.29, 1.82) is 0 Å². The maximum atomic E-state index is 5.71. The Kier molecular flexibility index (Phi) is 1.78. The molecular formula is C9H7BrN4S. The van der Waals surface area contributed by atoms with Gasteiger partial charge in [0, 0.05) is 11.5 Å². The van der Waals surface area contributed by atoms with Gasteiger partial charge in [0.15, 0.2) is 5.13 Å². The molecule has 3 aromatic rings. The smallest absolute Gasteiger partial charge is 0.181 e. The fraction of sp³-hybridized carbons (Fsp3) is 0.111. The molecule has 0 fully saturated rings. The molecule has 0 amide bonds. The van der Waals surface area contributed by atoms with Gasteiger partial charge in [0.2, 0.25) is 0 Å². The Morgan fingerprint density at radius 1 is 1.53 bits per heavy atom. The highest BCUT2D eigenvalue weighted by Gasteiger charge is 2.12. The molecular weight excluding hydrogens is 276 g/mol. The van der Waals surface area contributed by atoms with Gasteiger partial charge in [-0.1, -0.05) is 11.3 Å². The molecule has 76 valence electrons. The summed E-state index contributed by atoms with van der Waals surface area (Å²) < 4.78 is 4.03. The molecule has 2 N–H and O–H groups in total. The van der Waals surface area contributed by atoms with E-state index in [9.17, 15) is 0 Å². The van der Waals surface area contributed by atoms with E-state index >= 15 is 0 Å². The number of aromatic nitrogens is 3. The van der Waals surface area contributed by atoms with Crippen molar-refractivity contribution in [3.05, 3.63) is 16.9 Å². The van der Waals surface area contributed by atoms with E-state index in [2.05, 4.69) is 25.9 Å². The normalized spacial score (nSPS) is 11.6. The van der Waals surface area contributed by atoms with Crippen molar-refractivity contribution in [2.24, 2.45) is 7.05 Å². The lowest BCUT2D eigenvalue weighted by atomic mass is 10.3. The van der Waals surface area contributed by atoms with E-state index in [1.54, 1.807) is 6.33 Å². The second-order valence-electron chi connectivity index (χ2n) is 3.31. The Bertz CT molecular complexity index is 669. The minimum absolute atomic E-state index is 0.589. The van der Waals surface area contributed by atoms with Crippen LogP contribution in [-0.2, 0) is 7.05 Å². The third-order valence-electron chi connectivity index (χ3n) is 2.31. The molecule has 6 heteroatoms. The fourth-order valence-electron chi connectivity index (χ4n) is 1.68. The van der Waals surface area contributed by atoms with Crippen molar-refractivity contribution >= 4 is 53.6 Å². The highest BCUT2D eigenvalue weighted by atomic mass is 79.9. The molecule has 0 saturated carbocycles. The first-order valence-corrected chi connectivity index (χ1v) is 5.93. The average Bonchev–Trinajstić information content (AvgIpc) is 2.69. The highest BCUT2D eigenvalue weighted by molar-refractivity contribution is 9.10. The molecule has 0 bridgehead atoms. The van der Waals surface area contributed by atoms with Gasteiger partial charge in [-0.05, 0) is 22.0 Å². The maximum absolute atomic E-state index is 5.71.